The maximum absolute atomic E-state index is 12.3. The van der Waals surface area contributed by atoms with E-state index >= 15 is 0 Å². The van der Waals surface area contributed by atoms with Gasteiger partial charge in [0.05, 0.1) is 12.3 Å². The van der Waals surface area contributed by atoms with Crippen LogP contribution in [0.4, 0.5) is 0 Å². The summed E-state index contributed by atoms with van der Waals surface area (Å²) in [4.78, 5) is 29.6. The Morgan fingerprint density at radius 2 is 2.11 bits per heavy atom. The predicted molar refractivity (Wildman–Crippen MR) is 103 cm³/mol. The molecule has 0 radical (unpaired) electrons. The molecule has 2 amide bonds. The van der Waals surface area contributed by atoms with E-state index in [9.17, 15) is 9.59 Å². The van der Waals surface area contributed by atoms with Gasteiger partial charge in [-0.05, 0) is 25.0 Å². The lowest BCUT2D eigenvalue weighted by Crippen LogP contribution is -2.39. The number of nitrogens with one attached hydrogen (secondary N) is 1. The monoisotopic (exact) mass is 386 g/mol. The SMILES string of the molecule is C=CCn1c(SCC(=O)N(C)CC(=O)NC2CC2)nnc1-c1ccncc1. The van der Waals surface area contributed by atoms with Gasteiger partial charge in [-0.3, -0.25) is 19.1 Å². The average molecular weight is 386 g/mol. The maximum Gasteiger partial charge on any atom is 0.239 e. The van der Waals surface area contributed by atoms with Crippen LogP contribution in [0.1, 0.15) is 12.8 Å². The van der Waals surface area contributed by atoms with Gasteiger partial charge in [0.2, 0.25) is 11.8 Å². The van der Waals surface area contributed by atoms with Crippen LogP contribution in [0.15, 0.2) is 42.3 Å². The first-order chi connectivity index (χ1) is 13.1. The number of allylic oxidation sites excluding steroid dienone is 1. The second kappa shape index (κ2) is 8.81. The first kappa shape index (κ1) is 19.1. The summed E-state index contributed by atoms with van der Waals surface area (Å²) in [7, 11) is 1.63. The van der Waals surface area contributed by atoms with Crippen molar-refractivity contribution >= 4 is 23.6 Å². The van der Waals surface area contributed by atoms with E-state index in [1.807, 2.05) is 16.7 Å². The molecule has 1 fully saturated rings. The summed E-state index contributed by atoms with van der Waals surface area (Å²) in [6.07, 6.45) is 7.20. The molecule has 0 unspecified atom stereocenters. The van der Waals surface area contributed by atoms with Gasteiger partial charge in [-0.25, -0.2) is 0 Å². The molecule has 0 atom stereocenters. The Morgan fingerprint density at radius 3 is 2.78 bits per heavy atom. The topological polar surface area (TPSA) is 93.0 Å². The Bertz CT molecular complexity index is 819. The first-order valence-corrected chi connectivity index (χ1v) is 9.67. The molecule has 1 N–H and O–H groups in total. The Kier molecular flexibility index (Phi) is 6.23. The fourth-order valence-corrected chi connectivity index (χ4v) is 3.33. The number of nitrogens with zero attached hydrogens (tertiary/aromatic N) is 5. The number of amides is 2. The molecule has 1 aliphatic rings. The van der Waals surface area contributed by atoms with Crippen molar-refractivity contribution in [3.8, 4) is 11.4 Å². The van der Waals surface area contributed by atoms with Crippen molar-refractivity contribution in [1.29, 1.82) is 0 Å². The van der Waals surface area contributed by atoms with Crippen molar-refractivity contribution in [1.82, 2.24) is 30.0 Å². The van der Waals surface area contributed by atoms with E-state index in [2.05, 4.69) is 27.1 Å². The van der Waals surface area contributed by atoms with Gasteiger partial charge in [-0.2, -0.15) is 0 Å². The van der Waals surface area contributed by atoms with Crippen LogP contribution in [0.5, 0.6) is 0 Å². The molecule has 1 aliphatic carbocycles. The third kappa shape index (κ3) is 5.16. The van der Waals surface area contributed by atoms with Crippen LogP contribution in [0.2, 0.25) is 0 Å². The van der Waals surface area contributed by atoms with E-state index in [4.69, 9.17) is 0 Å². The molecule has 2 aromatic rings. The molecule has 0 aromatic carbocycles. The smallest absolute Gasteiger partial charge is 0.239 e. The second-order valence-electron chi connectivity index (χ2n) is 6.32. The van der Waals surface area contributed by atoms with E-state index in [0.717, 1.165) is 18.4 Å². The molecule has 0 spiro atoms. The Hall–Kier alpha value is -2.68. The van der Waals surface area contributed by atoms with Crippen LogP contribution in [0.25, 0.3) is 11.4 Å². The molecule has 2 heterocycles. The summed E-state index contributed by atoms with van der Waals surface area (Å²) >= 11 is 1.30. The fraction of sp³-hybridized carbons (Fsp3) is 0.389. The Labute approximate surface area is 162 Å². The number of likely N-dealkylation sites (N-methyl/N-ethyl adjacent to an activating group) is 1. The van der Waals surface area contributed by atoms with Crippen molar-refractivity contribution in [3.63, 3.8) is 0 Å². The van der Waals surface area contributed by atoms with Gasteiger partial charge >= 0.3 is 0 Å². The molecule has 1 saturated carbocycles. The van der Waals surface area contributed by atoms with Crippen LogP contribution in [0, 0.1) is 0 Å². The highest BCUT2D eigenvalue weighted by Crippen LogP contribution is 2.24. The summed E-state index contributed by atoms with van der Waals surface area (Å²) < 4.78 is 1.90. The predicted octanol–water partition coefficient (Wildman–Crippen LogP) is 1.36. The molecule has 9 heteroatoms. The van der Waals surface area contributed by atoms with Gasteiger partial charge in [0.25, 0.3) is 0 Å². The number of thioether (sulfide) groups is 1. The van der Waals surface area contributed by atoms with Crippen molar-refractivity contribution in [2.45, 2.75) is 30.6 Å². The van der Waals surface area contributed by atoms with E-state index in [1.165, 1.54) is 16.7 Å². The van der Waals surface area contributed by atoms with E-state index < -0.39 is 0 Å². The Morgan fingerprint density at radius 1 is 1.37 bits per heavy atom. The number of pyridine rings is 1. The lowest BCUT2D eigenvalue weighted by atomic mass is 10.2. The normalized spacial score (nSPS) is 13.2. The highest BCUT2D eigenvalue weighted by Gasteiger charge is 2.24. The lowest BCUT2D eigenvalue weighted by Gasteiger charge is -2.16. The number of rotatable bonds is 9. The van der Waals surface area contributed by atoms with Crippen LogP contribution < -0.4 is 5.32 Å². The number of hydrogen-bond donors (Lipinski definition) is 1. The minimum Gasteiger partial charge on any atom is -0.352 e. The van der Waals surface area contributed by atoms with Crippen LogP contribution >= 0.6 is 11.8 Å². The van der Waals surface area contributed by atoms with Crippen LogP contribution in [-0.4, -0.2) is 61.8 Å². The molecule has 142 valence electrons. The standard InChI is InChI=1S/C18H22N6O2S/c1-3-10-24-17(13-6-8-19-9-7-13)21-22-18(24)27-12-16(26)23(2)11-15(25)20-14-4-5-14/h3,6-9,14H,1,4-5,10-12H2,2H3,(H,20,25). The quantitative estimate of drug-likeness (QED) is 0.517. The maximum atomic E-state index is 12.3. The van der Waals surface area contributed by atoms with Gasteiger partial charge in [0.1, 0.15) is 0 Å². The molecule has 0 aliphatic heterocycles. The summed E-state index contributed by atoms with van der Waals surface area (Å²) in [5, 5.41) is 12.0. The van der Waals surface area contributed by atoms with Crippen LogP contribution in [0.3, 0.4) is 0 Å². The fourth-order valence-electron chi connectivity index (χ4n) is 2.44. The lowest BCUT2D eigenvalue weighted by molar-refractivity contribution is -0.132. The summed E-state index contributed by atoms with van der Waals surface area (Å²) in [5.41, 5.74) is 0.895. The third-order valence-electron chi connectivity index (χ3n) is 4.04. The number of carbonyl (C=O) groups is 2. The molecule has 3 rings (SSSR count). The molecule has 8 nitrogen and oxygen atoms in total. The van der Waals surface area contributed by atoms with Gasteiger partial charge < -0.3 is 10.2 Å². The largest absolute Gasteiger partial charge is 0.352 e. The summed E-state index contributed by atoms with van der Waals surface area (Å²) in [6, 6.07) is 4.00. The Balaban J connectivity index is 1.61. The zero-order valence-corrected chi connectivity index (χ0v) is 16.0. The van der Waals surface area contributed by atoms with E-state index in [1.54, 1.807) is 25.5 Å². The molecule has 27 heavy (non-hydrogen) atoms. The van der Waals surface area contributed by atoms with Crippen molar-refractivity contribution < 1.29 is 9.59 Å². The molecular weight excluding hydrogens is 364 g/mol. The van der Waals surface area contributed by atoms with Gasteiger partial charge in [-0.1, -0.05) is 17.8 Å². The summed E-state index contributed by atoms with van der Waals surface area (Å²) in [5.74, 6) is 0.626. The zero-order chi connectivity index (χ0) is 19.2. The number of aromatic nitrogens is 4. The molecule has 2 aromatic heterocycles. The van der Waals surface area contributed by atoms with Crippen molar-refractivity contribution in [3.05, 3.63) is 37.2 Å². The minimum atomic E-state index is -0.135. The van der Waals surface area contributed by atoms with Crippen LogP contribution in [-0.2, 0) is 16.1 Å². The second-order valence-corrected chi connectivity index (χ2v) is 7.26. The highest BCUT2D eigenvalue weighted by atomic mass is 32.2. The number of carbonyl (C=O) groups excluding carboxylic acids is 2. The van der Waals surface area contributed by atoms with Crippen molar-refractivity contribution in [2.75, 3.05) is 19.3 Å². The first-order valence-electron chi connectivity index (χ1n) is 8.69. The zero-order valence-electron chi connectivity index (χ0n) is 15.2. The highest BCUT2D eigenvalue weighted by molar-refractivity contribution is 7.99. The molecule has 0 bridgehead atoms. The molecular formula is C18H22N6O2S. The van der Waals surface area contributed by atoms with E-state index in [-0.39, 0.29) is 24.1 Å². The summed E-state index contributed by atoms with van der Waals surface area (Å²) in [6.45, 7) is 4.37. The average Bonchev–Trinajstić information content (AvgIpc) is 3.39. The van der Waals surface area contributed by atoms with Gasteiger partial charge in [0.15, 0.2) is 11.0 Å². The van der Waals surface area contributed by atoms with Gasteiger partial charge in [-0.15, -0.1) is 16.8 Å². The van der Waals surface area contributed by atoms with E-state index in [0.29, 0.717) is 23.6 Å². The van der Waals surface area contributed by atoms with Crippen molar-refractivity contribution in [2.24, 2.45) is 0 Å². The minimum absolute atomic E-state index is 0.0670. The third-order valence-corrected chi connectivity index (χ3v) is 4.99. The van der Waals surface area contributed by atoms with Gasteiger partial charge in [0, 0.05) is 37.6 Å². The number of hydrogen-bond acceptors (Lipinski definition) is 6. The molecule has 0 saturated heterocycles.